The summed E-state index contributed by atoms with van der Waals surface area (Å²) in [5.41, 5.74) is 1.37. The first-order valence-corrected chi connectivity index (χ1v) is 9.94. The maximum absolute atomic E-state index is 12.9. The summed E-state index contributed by atoms with van der Waals surface area (Å²) in [5, 5.41) is 6.02. The van der Waals surface area contributed by atoms with Crippen LogP contribution >= 0.6 is 11.3 Å². The van der Waals surface area contributed by atoms with Crippen molar-refractivity contribution in [1.82, 2.24) is 4.98 Å². The summed E-state index contributed by atoms with van der Waals surface area (Å²) < 4.78 is 44.5. The number of amides is 2. The zero-order valence-electron chi connectivity index (χ0n) is 16.2. The predicted molar refractivity (Wildman–Crippen MR) is 116 cm³/mol. The van der Waals surface area contributed by atoms with E-state index in [-0.39, 0.29) is 5.52 Å². The van der Waals surface area contributed by atoms with Gasteiger partial charge in [0.1, 0.15) is 10.8 Å². The molecule has 0 saturated heterocycles. The third-order valence-corrected chi connectivity index (χ3v) is 5.52. The van der Waals surface area contributed by atoms with Crippen molar-refractivity contribution in [1.29, 1.82) is 0 Å². The normalized spacial score (nSPS) is 11.4. The summed E-state index contributed by atoms with van der Waals surface area (Å²) in [6, 6.07) is 16.9. The number of halogens is 3. The number of carbonyl (C=O) groups excluding carboxylic acids is 1. The van der Waals surface area contributed by atoms with Crippen LogP contribution in [0.5, 0.6) is 5.75 Å². The fourth-order valence-corrected chi connectivity index (χ4v) is 3.87. The van der Waals surface area contributed by atoms with Gasteiger partial charge in [-0.1, -0.05) is 12.1 Å². The highest BCUT2D eigenvalue weighted by Crippen LogP contribution is 2.35. The number of urea groups is 1. The third-order valence-electron chi connectivity index (χ3n) is 4.43. The van der Waals surface area contributed by atoms with Gasteiger partial charge in [0.05, 0.1) is 22.9 Å². The summed E-state index contributed by atoms with van der Waals surface area (Å²) in [7, 11) is 1.56. The number of anilines is 2. The van der Waals surface area contributed by atoms with Gasteiger partial charge in [-0.05, 0) is 54.6 Å². The molecule has 0 aliphatic heterocycles. The lowest BCUT2D eigenvalue weighted by Crippen LogP contribution is -2.19. The summed E-state index contributed by atoms with van der Waals surface area (Å²) in [4.78, 5) is 16.6. The van der Waals surface area contributed by atoms with Gasteiger partial charge in [0.2, 0.25) is 0 Å². The van der Waals surface area contributed by atoms with Gasteiger partial charge >= 0.3 is 12.2 Å². The van der Waals surface area contributed by atoms with Crippen molar-refractivity contribution in [3.05, 3.63) is 72.3 Å². The second-order valence-electron chi connectivity index (χ2n) is 6.59. The lowest BCUT2D eigenvalue weighted by atomic mass is 10.2. The topological polar surface area (TPSA) is 63.2 Å². The molecule has 4 aromatic rings. The van der Waals surface area contributed by atoms with E-state index < -0.39 is 17.8 Å². The van der Waals surface area contributed by atoms with Gasteiger partial charge in [0.15, 0.2) is 0 Å². The van der Waals surface area contributed by atoms with Gasteiger partial charge in [-0.15, -0.1) is 11.3 Å². The third kappa shape index (κ3) is 4.77. The number of fused-ring (bicyclic) bond motifs is 1. The summed E-state index contributed by atoms with van der Waals surface area (Å²) in [6.07, 6.45) is -4.42. The van der Waals surface area contributed by atoms with Crippen molar-refractivity contribution in [2.24, 2.45) is 0 Å². The number of rotatable bonds is 4. The van der Waals surface area contributed by atoms with Crippen LogP contribution in [0.15, 0.2) is 66.7 Å². The summed E-state index contributed by atoms with van der Waals surface area (Å²) >= 11 is 1.28. The van der Waals surface area contributed by atoms with Crippen molar-refractivity contribution in [2.45, 2.75) is 6.18 Å². The Kier molecular flexibility index (Phi) is 5.51. The highest BCUT2D eigenvalue weighted by Gasteiger charge is 2.30. The van der Waals surface area contributed by atoms with Crippen molar-refractivity contribution < 1.29 is 22.7 Å². The maximum atomic E-state index is 12.9. The van der Waals surface area contributed by atoms with Crippen LogP contribution in [0, 0.1) is 0 Å². The van der Waals surface area contributed by atoms with Gasteiger partial charge in [-0.2, -0.15) is 13.2 Å². The molecule has 0 saturated carbocycles. The molecule has 0 aliphatic rings. The van der Waals surface area contributed by atoms with Gasteiger partial charge in [-0.3, -0.25) is 0 Å². The van der Waals surface area contributed by atoms with Crippen molar-refractivity contribution in [3.8, 4) is 16.3 Å². The highest BCUT2D eigenvalue weighted by atomic mass is 32.1. The molecule has 0 atom stereocenters. The zero-order valence-corrected chi connectivity index (χ0v) is 17.0. The average molecular weight is 443 g/mol. The molecular weight excluding hydrogens is 427 g/mol. The van der Waals surface area contributed by atoms with Gasteiger partial charge in [-0.25, -0.2) is 9.78 Å². The standard InChI is InChI=1S/C22H16F3N3O2S/c1-30-17-8-6-15(7-9-17)26-21(29)27-16-4-2-3-13(11-16)20-28-18-12-14(22(23,24)25)5-10-19(18)31-20/h2-12H,1H3,(H2,26,27,29). The fourth-order valence-electron chi connectivity index (χ4n) is 2.93. The first-order valence-electron chi connectivity index (χ1n) is 9.12. The van der Waals surface area contributed by atoms with Gasteiger partial charge in [0, 0.05) is 16.9 Å². The number of ether oxygens (including phenoxy) is 1. The molecule has 2 N–H and O–H groups in total. The minimum atomic E-state index is -4.42. The number of methoxy groups -OCH3 is 1. The monoisotopic (exact) mass is 443 g/mol. The largest absolute Gasteiger partial charge is 0.497 e. The molecule has 5 nitrogen and oxygen atoms in total. The Bertz CT molecular complexity index is 1240. The van der Waals surface area contributed by atoms with Crippen LogP contribution < -0.4 is 15.4 Å². The molecule has 0 spiro atoms. The molecule has 0 radical (unpaired) electrons. The molecule has 158 valence electrons. The van der Waals surface area contributed by atoms with Crippen LogP contribution in [-0.4, -0.2) is 18.1 Å². The Morgan fingerprint density at radius 3 is 2.42 bits per heavy atom. The number of alkyl halides is 3. The molecule has 4 rings (SSSR count). The van der Waals surface area contributed by atoms with Crippen molar-refractivity contribution in [2.75, 3.05) is 17.7 Å². The second-order valence-corrected chi connectivity index (χ2v) is 7.62. The van der Waals surface area contributed by atoms with Crippen LogP contribution in [0.3, 0.4) is 0 Å². The Labute approximate surface area is 179 Å². The number of nitrogens with zero attached hydrogens (tertiary/aromatic N) is 1. The number of benzene rings is 3. The van der Waals surface area contributed by atoms with E-state index >= 15 is 0 Å². The number of nitrogens with one attached hydrogen (secondary N) is 2. The Balaban J connectivity index is 1.51. The number of thiazole rings is 1. The van der Waals surface area contributed by atoms with Gasteiger partial charge < -0.3 is 15.4 Å². The summed E-state index contributed by atoms with van der Waals surface area (Å²) in [6.45, 7) is 0. The van der Waals surface area contributed by atoms with Crippen molar-refractivity contribution in [3.63, 3.8) is 0 Å². The van der Waals surface area contributed by atoms with Crippen LogP contribution in [0.4, 0.5) is 29.3 Å². The molecule has 31 heavy (non-hydrogen) atoms. The smallest absolute Gasteiger partial charge is 0.416 e. The van der Waals surface area contributed by atoms with E-state index in [0.717, 1.165) is 12.1 Å². The van der Waals surface area contributed by atoms with E-state index in [1.54, 1.807) is 55.6 Å². The molecule has 3 aromatic carbocycles. The Morgan fingerprint density at radius 2 is 1.71 bits per heavy atom. The molecule has 0 bridgehead atoms. The van der Waals surface area contributed by atoms with Gasteiger partial charge in [0.25, 0.3) is 0 Å². The molecule has 0 aliphatic carbocycles. The minimum absolute atomic E-state index is 0.283. The SMILES string of the molecule is COc1ccc(NC(=O)Nc2cccc(-c3nc4cc(C(F)(F)F)ccc4s3)c2)cc1. The zero-order chi connectivity index (χ0) is 22.0. The lowest BCUT2D eigenvalue weighted by molar-refractivity contribution is -0.137. The summed E-state index contributed by atoms with van der Waals surface area (Å²) in [5.74, 6) is 0.678. The Morgan fingerprint density at radius 1 is 0.968 bits per heavy atom. The second kappa shape index (κ2) is 8.27. The quantitative estimate of drug-likeness (QED) is 0.372. The highest BCUT2D eigenvalue weighted by molar-refractivity contribution is 7.21. The van der Waals surface area contributed by atoms with Crippen LogP contribution in [0.25, 0.3) is 20.8 Å². The number of hydrogen-bond acceptors (Lipinski definition) is 4. The first-order chi connectivity index (χ1) is 14.8. The molecule has 1 aromatic heterocycles. The van der Waals surface area contributed by atoms with E-state index in [4.69, 9.17) is 4.74 Å². The van der Waals surface area contributed by atoms with Crippen molar-refractivity contribution >= 4 is 39.0 Å². The number of carbonyl (C=O) groups is 1. The molecule has 1 heterocycles. The molecule has 2 amide bonds. The lowest BCUT2D eigenvalue weighted by Gasteiger charge is -2.09. The van der Waals surface area contributed by atoms with E-state index in [0.29, 0.717) is 32.4 Å². The fraction of sp³-hybridized carbons (Fsp3) is 0.0909. The van der Waals surface area contributed by atoms with Crippen LogP contribution in [-0.2, 0) is 6.18 Å². The number of hydrogen-bond donors (Lipinski definition) is 2. The average Bonchev–Trinajstić information content (AvgIpc) is 3.17. The minimum Gasteiger partial charge on any atom is -0.497 e. The number of aromatic nitrogens is 1. The van der Waals surface area contributed by atoms with E-state index in [2.05, 4.69) is 15.6 Å². The molecule has 0 fully saturated rings. The first kappa shape index (κ1) is 20.7. The van der Waals surface area contributed by atoms with Crippen LogP contribution in [0.2, 0.25) is 0 Å². The van der Waals surface area contributed by atoms with E-state index in [1.807, 2.05) is 0 Å². The van der Waals surface area contributed by atoms with E-state index in [1.165, 1.54) is 17.4 Å². The molecule has 0 unspecified atom stereocenters. The predicted octanol–water partition coefficient (Wildman–Crippen LogP) is 6.63. The Hall–Kier alpha value is -3.59. The molecular formula is C22H16F3N3O2S. The van der Waals surface area contributed by atoms with Crippen LogP contribution in [0.1, 0.15) is 5.56 Å². The maximum Gasteiger partial charge on any atom is 0.416 e. The van der Waals surface area contributed by atoms with E-state index in [9.17, 15) is 18.0 Å². The molecule has 9 heteroatoms.